The number of hydrogen-bond donors (Lipinski definition) is 0. The summed E-state index contributed by atoms with van der Waals surface area (Å²) < 4.78 is 22.5. The Kier molecular flexibility index (Phi) is 12.9. The highest BCUT2D eigenvalue weighted by molar-refractivity contribution is 5.64. The van der Waals surface area contributed by atoms with Crippen molar-refractivity contribution in [1.82, 2.24) is 0 Å². The van der Waals surface area contributed by atoms with Gasteiger partial charge in [-0.25, -0.2) is 0 Å². The van der Waals surface area contributed by atoms with Crippen LogP contribution < -0.4 is 0 Å². The molecule has 0 aliphatic heterocycles. The molecule has 0 saturated carbocycles. The van der Waals surface area contributed by atoms with E-state index in [2.05, 4.69) is 38.5 Å². The Labute approximate surface area is 141 Å². The first-order valence-corrected chi connectivity index (χ1v) is 6.93. The standard InChI is InChI=1S/C12H18O13/c1-3-18-9(13)22-24-11(15)20-7-5-17-6-8-21-12(16)25-23-10(14)19-4-2/h3-8H2,1-2H3. The molecule has 0 saturated heterocycles. The number of carbonyl (C=O) groups excluding carboxylic acids is 4. The van der Waals surface area contributed by atoms with Gasteiger partial charge in [0.1, 0.15) is 13.2 Å². The number of rotatable bonds is 8. The van der Waals surface area contributed by atoms with E-state index >= 15 is 0 Å². The molecule has 0 amide bonds. The van der Waals surface area contributed by atoms with Gasteiger partial charge in [0, 0.05) is 0 Å². The monoisotopic (exact) mass is 370 g/mol. The number of carbonyl (C=O) groups is 4. The van der Waals surface area contributed by atoms with Gasteiger partial charge in [0.05, 0.1) is 26.4 Å². The summed E-state index contributed by atoms with van der Waals surface area (Å²) >= 11 is 0. The molecule has 0 radical (unpaired) electrons. The summed E-state index contributed by atoms with van der Waals surface area (Å²) in [6, 6.07) is 0. The third-order valence-corrected chi connectivity index (χ3v) is 1.78. The Balaban J connectivity index is 3.46. The zero-order valence-electron chi connectivity index (χ0n) is 13.5. The van der Waals surface area contributed by atoms with E-state index in [4.69, 9.17) is 4.74 Å². The Morgan fingerprint density at radius 3 is 1.16 bits per heavy atom. The molecule has 0 aliphatic rings. The Morgan fingerprint density at radius 2 is 0.840 bits per heavy atom. The van der Waals surface area contributed by atoms with E-state index in [1.165, 1.54) is 13.8 Å². The normalized spacial score (nSPS) is 9.36. The predicted molar refractivity (Wildman–Crippen MR) is 71.9 cm³/mol. The topological polar surface area (TPSA) is 151 Å². The highest BCUT2D eigenvalue weighted by Gasteiger charge is 2.12. The van der Waals surface area contributed by atoms with Gasteiger partial charge in [0.25, 0.3) is 0 Å². The van der Waals surface area contributed by atoms with Crippen molar-refractivity contribution in [1.29, 1.82) is 0 Å². The van der Waals surface area contributed by atoms with Crippen molar-refractivity contribution in [3.63, 3.8) is 0 Å². The summed E-state index contributed by atoms with van der Waals surface area (Å²) in [6.07, 6.45) is -4.92. The molecule has 0 rings (SSSR count). The zero-order chi connectivity index (χ0) is 18.9. The fourth-order valence-corrected chi connectivity index (χ4v) is 0.938. The van der Waals surface area contributed by atoms with Gasteiger partial charge in [-0.15, -0.1) is 0 Å². The van der Waals surface area contributed by atoms with Crippen molar-refractivity contribution in [3.05, 3.63) is 0 Å². The van der Waals surface area contributed by atoms with Crippen LogP contribution in [0.1, 0.15) is 13.8 Å². The van der Waals surface area contributed by atoms with Gasteiger partial charge in [-0.2, -0.15) is 38.7 Å². The van der Waals surface area contributed by atoms with Crippen molar-refractivity contribution < 1.29 is 62.4 Å². The minimum Gasteiger partial charge on any atom is -0.432 e. The van der Waals surface area contributed by atoms with Crippen LogP contribution in [0, 0.1) is 0 Å². The van der Waals surface area contributed by atoms with E-state index in [9.17, 15) is 19.2 Å². The fourth-order valence-electron chi connectivity index (χ4n) is 0.938. The molecule has 13 heteroatoms. The molecule has 0 fully saturated rings. The third-order valence-electron chi connectivity index (χ3n) is 1.78. The zero-order valence-corrected chi connectivity index (χ0v) is 13.5. The summed E-state index contributed by atoms with van der Waals surface area (Å²) in [7, 11) is 0. The van der Waals surface area contributed by atoms with Crippen LogP contribution in [0.3, 0.4) is 0 Å². The molecule has 0 aromatic rings. The predicted octanol–water partition coefficient (Wildman–Crippen LogP) is 1.49. The summed E-state index contributed by atoms with van der Waals surface area (Å²) in [5.41, 5.74) is 0. The average Bonchev–Trinajstić information content (AvgIpc) is 2.58. The lowest BCUT2D eigenvalue weighted by Crippen LogP contribution is -2.18. The molecule has 13 nitrogen and oxygen atoms in total. The second-order valence-corrected chi connectivity index (χ2v) is 3.51. The summed E-state index contributed by atoms with van der Waals surface area (Å²) in [5.74, 6) is 0. The maximum Gasteiger partial charge on any atom is 0.550 e. The van der Waals surface area contributed by atoms with Crippen LogP contribution in [0.15, 0.2) is 0 Å². The van der Waals surface area contributed by atoms with E-state index in [1.807, 2.05) is 0 Å². The second-order valence-electron chi connectivity index (χ2n) is 3.51. The Bertz CT molecular complexity index is 383. The van der Waals surface area contributed by atoms with Crippen molar-refractivity contribution in [2.24, 2.45) is 0 Å². The lowest BCUT2D eigenvalue weighted by molar-refractivity contribution is -0.219. The molecule has 0 spiro atoms. The molecular weight excluding hydrogens is 352 g/mol. The lowest BCUT2D eigenvalue weighted by atomic mass is 10.7. The lowest BCUT2D eigenvalue weighted by Gasteiger charge is -2.06. The summed E-state index contributed by atoms with van der Waals surface area (Å²) in [6.45, 7) is 2.61. The van der Waals surface area contributed by atoms with Gasteiger partial charge in [-0.05, 0) is 13.8 Å². The van der Waals surface area contributed by atoms with Crippen LogP contribution >= 0.6 is 0 Å². The molecule has 0 heterocycles. The van der Waals surface area contributed by atoms with Crippen LogP contribution in [0.2, 0.25) is 0 Å². The van der Waals surface area contributed by atoms with E-state index in [0.29, 0.717) is 0 Å². The van der Waals surface area contributed by atoms with Gasteiger partial charge >= 0.3 is 24.6 Å². The number of ether oxygens (including phenoxy) is 5. The first-order chi connectivity index (χ1) is 12.0. The molecule has 0 aromatic carbocycles. The molecule has 144 valence electrons. The van der Waals surface area contributed by atoms with E-state index in [0.717, 1.165) is 0 Å². The Morgan fingerprint density at radius 1 is 0.520 bits per heavy atom. The SMILES string of the molecule is CCOC(=O)OOC(=O)OCCOCCOC(=O)OOC(=O)OCC. The Hall–Kier alpha value is -2.96. The van der Waals surface area contributed by atoms with Gasteiger partial charge < -0.3 is 23.7 Å². The van der Waals surface area contributed by atoms with Crippen molar-refractivity contribution >= 4 is 24.6 Å². The smallest absolute Gasteiger partial charge is 0.432 e. The summed E-state index contributed by atoms with van der Waals surface area (Å²) in [4.78, 5) is 59.0. The summed E-state index contributed by atoms with van der Waals surface area (Å²) in [5, 5.41) is 0. The van der Waals surface area contributed by atoms with Crippen molar-refractivity contribution in [2.75, 3.05) is 39.6 Å². The molecular formula is C12H18O13. The minimum absolute atomic E-state index is 0.0512. The molecule has 0 aromatic heterocycles. The minimum atomic E-state index is -1.27. The molecule has 0 aliphatic carbocycles. The van der Waals surface area contributed by atoms with Gasteiger partial charge in [-0.3, -0.25) is 0 Å². The highest BCUT2D eigenvalue weighted by Crippen LogP contribution is 1.93. The fraction of sp³-hybridized carbons (Fsp3) is 0.667. The van der Waals surface area contributed by atoms with Crippen LogP contribution in [0.4, 0.5) is 19.2 Å². The van der Waals surface area contributed by atoms with Gasteiger partial charge in [0.15, 0.2) is 0 Å². The van der Waals surface area contributed by atoms with Crippen molar-refractivity contribution in [2.45, 2.75) is 13.8 Å². The molecule has 0 atom stereocenters. The average molecular weight is 370 g/mol. The van der Waals surface area contributed by atoms with Crippen LogP contribution in [0.25, 0.3) is 0 Å². The molecule has 0 bridgehead atoms. The number of hydrogen-bond acceptors (Lipinski definition) is 13. The van der Waals surface area contributed by atoms with E-state index in [1.54, 1.807) is 0 Å². The first kappa shape index (κ1) is 22.0. The quantitative estimate of drug-likeness (QED) is 0.199. The van der Waals surface area contributed by atoms with Crippen molar-refractivity contribution in [3.8, 4) is 0 Å². The van der Waals surface area contributed by atoms with Gasteiger partial charge in [-0.1, -0.05) is 0 Å². The van der Waals surface area contributed by atoms with Crippen LogP contribution in [0.5, 0.6) is 0 Å². The van der Waals surface area contributed by atoms with E-state index in [-0.39, 0.29) is 39.6 Å². The van der Waals surface area contributed by atoms with E-state index < -0.39 is 24.6 Å². The third kappa shape index (κ3) is 14.4. The van der Waals surface area contributed by atoms with Crippen LogP contribution in [-0.2, 0) is 43.2 Å². The second kappa shape index (κ2) is 14.6. The maximum atomic E-state index is 10.9. The molecule has 25 heavy (non-hydrogen) atoms. The first-order valence-electron chi connectivity index (χ1n) is 6.93. The largest absolute Gasteiger partial charge is 0.550 e. The van der Waals surface area contributed by atoms with Crippen LogP contribution in [-0.4, -0.2) is 64.3 Å². The molecule has 0 unspecified atom stereocenters. The maximum absolute atomic E-state index is 10.9. The van der Waals surface area contributed by atoms with Gasteiger partial charge in [0.2, 0.25) is 0 Å². The molecule has 0 N–H and O–H groups in total. The highest BCUT2D eigenvalue weighted by atomic mass is 17.3.